The average molecular weight is 441 g/mol. The molecule has 0 spiro atoms. The maximum Gasteiger partial charge on any atom is 0.138 e. The SMILES string of the molecule is CSCCCCCCn1c(CCl)nc2cc(I)c(F)cc21. The Labute approximate surface area is 148 Å². The molecule has 0 aliphatic rings. The number of benzene rings is 1. The molecule has 0 saturated carbocycles. The molecule has 0 N–H and O–H groups in total. The quantitative estimate of drug-likeness (QED) is 0.309. The lowest BCUT2D eigenvalue weighted by Gasteiger charge is -2.08. The molecule has 1 heterocycles. The minimum atomic E-state index is -0.189. The number of imidazole rings is 1. The number of alkyl halides is 1. The molecule has 21 heavy (non-hydrogen) atoms. The summed E-state index contributed by atoms with van der Waals surface area (Å²) in [4.78, 5) is 4.52. The number of fused-ring (bicyclic) bond motifs is 1. The standard InChI is InChI=1S/C15H19ClFIN2S/c1-21-7-5-3-2-4-6-20-14-8-11(17)12(18)9-13(14)19-15(20)10-16/h8-9H,2-7,10H2,1H3. The van der Waals surface area contributed by atoms with Gasteiger partial charge in [0.15, 0.2) is 0 Å². The molecule has 0 fully saturated rings. The van der Waals surface area contributed by atoms with Gasteiger partial charge in [-0.1, -0.05) is 12.8 Å². The van der Waals surface area contributed by atoms with Gasteiger partial charge in [0.1, 0.15) is 11.6 Å². The highest BCUT2D eigenvalue weighted by Crippen LogP contribution is 2.23. The zero-order chi connectivity index (χ0) is 15.2. The molecular weight excluding hydrogens is 422 g/mol. The van der Waals surface area contributed by atoms with Gasteiger partial charge < -0.3 is 4.57 Å². The molecule has 1 aromatic carbocycles. The number of hydrogen-bond acceptors (Lipinski definition) is 2. The van der Waals surface area contributed by atoms with Crippen molar-refractivity contribution in [3.63, 3.8) is 0 Å². The summed E-state index contributed by atoms with van der Waals surface area (Å²) in [5, 5.41) is 0. The Bertz CT molecular complexity index is 603. The number of aromatic nitrogens is 2. The third-order valence-electron chi connectivity index (χ3n) is 3.47. The minimum Gasteiger partial charge on any atom is -0.327 e. The summed E-state index contributed by atoms with van der Waals surface area (Å²) in [6.07, 6.45) is 6.92. The molecule has 2 nitrogen and oxygen atoms in total. The van der Waals surface area contributed by atoms with Gasteiger partial charge in [-0.25, -0.2) is 9.37 Å². The van der Waals surface area contributed by atoms with Gasteiger partial charge in [-0.2, -0.15) is 11.8 Å². The molecule has 0 aliphatic carbocycles. The van der Waals surface area contributed by atoms with E-state index in [-0.39, 0.29) is 5.82 Å². The highest BCUT2D eigenvalue weighted by molar-refractivity contribution is 14.1. The summed E-state index contributed by atoms with van der Waals surface area (Å²) < 4.78 is 16.5. The van der Waals surface area contributed by atoms with Crippen LogP contribution in [0.15, 0.2) is 12.1 Å². The monoisotopic (exact) mass is 440 g/mol. The maximum atomic E-state index is 13.8. The molecule has 0 saturated heterocycles. The molecule has 0 unspecified atom stereocenters. The van der Waals surface area contributed by atoms with Crippen LogP contribution in [0.5, 0.6) is 0 Å². The number of nitrogens with zero attached hydrogens (tertiary/aromatic N) is 2. The van der Waals surface area contributed by atoms with Gasteiger partial charge in [-0.3, -0.25) is 0 Å². The predicted molar refractivity (Wildman–Crippen MR) is 98.8 cm³/mol. The molecule has 0 amide bonds. The molecule has 116 valence electrons. The molecule has 2 aromatic rings. The first-order chi connectivity index (χ1) is 10.2. The van der Waals surface area contributed by atoms with Crippen molar-refractivity contribution in [2.45, 2.75) is 38.1 Å². The number of halogens is 3. The van der Waals surface area contributed by atoms with Crippen LogP contribution >= 0.6 is 46.0 Å². The van der Waals surface area contributed by atoms with Crippen molar-refractivity contribution in [1.29, 1.82) is 0 Å². The zero-order valence-corrected chi connectivity index (χ0v) is 15.8. The van der Waals surface area contributed by atoms with Gasteiger partial charge >= 0.3 is 0 Å². The van der Waals surface area contributed by atoms with Crippen LogP contribution < -0.4 is 0 Å². The molecule has 0 atom stereocenters. The Hall–Kier alpha value is -0.0100. The highest BCUT2D eigenvalue weighted by atomic mass is 127. The first kappa shape index (κ1) is 17.3. The van der Waals surface area contributed by atoms with E-state index < -0.39 is 0 Å². The number of thioether (sulfide) groups is 1. The van der Waals surface area contributed by atoms with Crippen molar-refractivity contribution < 1.29 is 4.39 Å². The Morgan fingerprint density at radius 1 is 1.29 bits per heavy atom. The molecule has 0 bridgehead atoms. The van der Waals surface area contributed by atoms with Gasteiger partial charge in [0.2, 0.25) is 0 Å². The summed E-state index contributed by atoms with van der Waals surface area (Å²) in [5.41, 5.74) is 1.69. The summed E-state index contributed by atoms with van der Waals surface area (Å²) in [7, 11) is 0. The topological polar surface area (TPSA) is 17.8 Å². The van der Waals surface area contributed by atoms with Crippen molar-refractivity contribution in [3.8, 4) is 0 Å². The molecule has 2 rings (SSSR count). The fourth-order valence-corrected chi connectivity index (χ4v) is 3.54. The first-order valence-electron chi connectivity index (χ1n) is 7.06. The molecule has 1 aromatic heterocycles. The second-order valence-corrected chi connectivity index (χ2v) is 7.39. The van der Waals surface area contributed by atoms with Gasteiger partial charge in [0.25, 0.3) is 0 Å². The van der Waals surface area contributed by atoms with Crippen LogP contribution in [0.2, 0.25) is 0 Å². The van der Waals surface area contributed by atoms with Crippen LogP contribution in [0.1, 0.15) is 31.5 Å². The normalized spacial score (nSPS) is 11.4. The van der Waals surface area contributed by atoms with E-state index in [0.717, 1.165) is 29.8 Å². The van der Waals surface area contributed by atoms with E-state index in [1.54, 1.807) is 12.1 Å². The molecular formula is C15H19ClFIN2S. The van der Waals surface area contributed by atoms with Crippen LogP contribution in [0.4, 0.5) is 4.39 Å². The smallest absolute Gasteiger partial charge is 0.138 e. The van der Waals surface area contributed by atoms with Crippen molar-refractivity contribution >= 4 is 57.0 Å². The van der Waals surface area contributed by atoms with Crippen LogP contribution in [0.25, 0.3) is 11.0 Å². The number of hydrogen-bond donors (Lipinski definition) is 0. The third-order valence-corrected chi connectivity index (χ3v) is 5.23. The van der Waals surface area contributed by atoms with E-state index in [0.29, 0.717) is 9.45 Å². The minimum absolute atomic E-state index is 0.189. The van der Waals surface area contributed by atoms with Crippen LogP contribution in [-0.4, -0.2) is 21.6 Å². The lowest BCUT2D eigenvalue weighted by atomic mass is 10.2. The van der Waals surface area contributed by atoms with Crippen LogP contribution in [0.3, 0.4) is 0 Å². The highest BCUT2D eigenvalue weighted by Gasteiger charge is 2.12. The molecule has 0 aliphatic heterocycles. The maximum absolute atomic E-state index is 13.8. The van der Waals surface area contributed by atoms with E-state index in [4.69, 9.17) is 11.6 Å². The lowest BCUT2D eigenvalue weighted by Crippen LogP contribution is -2.03. The van der Waals surface area contributed by atoms with E-state index in [1.165, 1.54) is 25.0 Å². The van der Waals surface area contributed by atoms with E-state index in [1.807, 2.05) is 34.4 Å². The molecule has 0 radical (unpaired) electrons. The Morgan fingerprint density at radius 2 is 2.05 bits per heavy atom. The number of rotatable bonds is 8. The van der Waals surface area contributed by atoms with E-state index >= 15 is 0 Å². The Balaban J connectivity index is 2.08. The largest absolute Gasteiger partial charge is 0.327 e. The van der Waals surface area contributed by atoms with Crippen molar-refractivity contribution in [2.75, 3.05) is 12.0 Å². The summed E-state index contributed by atoms with van der Waals surface area (Å²) in [6, 6.07) is 3.37. The van der Waals surface area contributed by atoms with Crippen LogP contribution in [0, 0.1) is 9.39 Å². The second-order valence-electron chi connectivity index (χ2n) is 4.98. The van der Waals surface area contributed by atoms with Crippen molar-refractivity contribution in [3.05, 3.63) is 27.3 Å². The number of aryl methyl sites for hydroxylation is 1. The van der Waals surface area contributed by atoms with Crippen LogP contribution in [-0.2, 0) is 12.4 Å². The first-order valence-corrected chi connectivity index (χ1v) is 10.1. The second kappa shape index (κ2) is 8.58. The summed E-state index contributed by atoms with van der Waals surface area (Å²) >= 11 is 9.87. The van der Waals surface area contributed by atoms with Gasteiger partial charge in [-0.15, -0.1) is 11.6 Å². The predicted octanol–water partition coefficient (Wildman–Crippen LogP) is 5.44. The Kier molecular flexibility index (Phi) is 7.08. The average Bonchev–Trinajstić information content (AvgIpc) is 2.80. The van der Waals surface area contributed by atoms with Crippen molar-refractivity contribution in [1.82, 2.24) is 9.55 Å². The zero-order valence-electron chi connectivity index (χ0n) is 12.0. The third kappa shape index (κ3) is 4.48. The van der Waals surface area contributed by atoms with E-state index in [9.17, 15) is 4.39 Å². The van der Waals surface area contributed by atoms with Gasteiger partial charge in [0.05, 0.1) is 20.5 Å². The molecule has 6 heteroatoms. The fourth-order valence-electron chi connectivity index (χ4n) is 2.39. The number of unbranched alkanes of at least 4 members (excludes halogenated alkanes) is 3. The summed E-state index contributed by atoms with van der Waals surface area (Å²) in [6.45, 7) is 0.859. The van der Waals surface area contributed by atoms with Gasteiger partial charge in [-0.05, 0) is 53.5 Å². The fraction of sp³-hybridized carbons (Fsp3) is 0.533. The van der Waals surface area contributed by atoms with Crippen molar-refractivity contribution in [2.24, 2.45) is 0 Å². The Morgan fingerprint density at radius 3 is 2.76 bits per heavy atom. The summed E-state index contributed by atoms with van der Waals surface area (Å²) in [5.74, 6) is 2.23. The van der Waals surface area contributed by atoms with E-state index in [2.05, 4.69) is 15.8 Å². The van der Waals surface area contributed by atoms with Gasteiger partial charge in [0, 0.05) is 12.6 Å². The lowest BCUT2D eigenvalue weighted by molar-refractivity contribution is 0.580.